The average Bonchev–Trinajstić information content (AvgIpc) is 2.24. The monoisotopic (exact) mass is 280 g/mol. The summed E-state index contributed by atoms with van der Waals surface area (Å²) in [6, 6.07) is 6.84. The summed E-state index contributed by atoms with van der Waals surface area (Å²) in [7, 11) is 0. The number of rotatable bonds is 4. The first kappa shape index (κ1) is 13.7. The summed E-state index contributed by atoms with van der Waals surface area (Å²) in [6.07, 6.45) is 0.358. The van der Waals surface area contributed by atoms with Gasteiger partial charge in [-0.3, -0.25) is 0 Å². The van der Waals surface area contributed by atoms with Crippen molar-refractivity contribution < 1.29 is 9.84 Å². The van der Waals surface area contributed by atoms with Crippen LogP contribution in [0.2, 0.25) is 0 Å². The first-order valence-electron chi connectivity index (χ1n) is 4.54. The van der Waals surface area contributed by atoms with Gasteiger partial charge in [0.2, 0.25) is 3.79 Å². The maximum absolute atomic E-state index is 9.84. The largest absolute Gasteiger partial charge is 0.489 e. The Hall–Kier alpha value is -0.410. The summed E-state index contributed by atoms with van der Waals surface area (Å²) in [5.74, 6) is 0.473. The molecule has 5 heteroatoms. The molecule has 0 radical (unpaired) electrons. The molecule has 0 bridgehead atoms. The van der Waals surface area contributed by atoms with E-state index < -0.39 is 9.90 Å². The molecule has 16 heavy (non-hydrogen) atoms. The average molecular weight is 282 g/mol. The van der Waals surface area contributed by atoms with Crippen molar-refractivity contribution in [2.75, 3.05) is 6.61 Å². The van der Waals surface area contributed by atoms with Crippen LogP contribution in [0, 0.1) is 0 Å². The van der Waals surface area contributed by atoms with E-state index in [1.54, 1.807) is 30.3 Å². The standard InChI is InChI=1S/C11H11Cl3O2/c1-2-7-16-9-6-4-3-5-8(9)10(15)11(12,13)14/h2-6,10,15H,1,7H2. The van der Waals surface area contributed by atoms with E-state index in [0.29, 0.717) is 17.9 Å². The summed E-state index contributed by atoms with van der Waals surface area (Å²) in [6.45, 7) is 3.86. The Morgan fingerprint density at radius 3 is 2.56 bits per heavy atom. The third-order valence-electron chi connectivity index (χ3n) is 1.88. The molecule has 0 saturated carbocycles. The fraction of sp³-hybridized carbons (Fsp3) is 0.273. The van der Waals surface area contributed by atoms with Crippen molar-refractivity contribution in [3.05, 3.63) is 42.5 Å². The number of hydrogen-bond acceptors (Lipinski definition) is 2. The molecule has 1 aromatic carbocycles. The topological polar surface area (TPSA) is 29.5 Å². The van der Waals surface area contributed by atoms with E-state index in [1.165, 1.54) is 0 Å². The van der Waals surface area contributed by atoms with E-state index in [9.17, 15) is 5.11 Å². The molecule has 1 rings (SSSR count). The molecule has 0 aliphatic carbocycles. The Labute approximate surface area is 109 Å². The van der Waals surface area contributed by atoms with Crippen LogP contribution in [0.3, 0.4) is 0 Å². The molecule has 0 saturated heterocycles. The molecule has 2 nitrogen and oxygen atoms in total. The molecule has 0 aliphatic rings. The number of aliphatic hydroxyl groups excluding tert-OH is 1. The predicted octanol–water partition coefficient (Wildman–Crippen LogP) is 3.66. The van der Waals surface area contributed by atoms with Crippen LogP contribution in [0.25, 0.3) is 0 Å². The van der Waals surface area contributed by atoms with Crippen LogP contribution in [-0.2, 0) is 0 Å². The highest BCUT2D eigenvalue weighted by molar-refractivity contribution is 6.68. The third kappa shape index (κ3) is 3.56. The molecular weight excluding hydrogens is 270 g/mol. The predicted molar refractivity (Wildman–Crippen MR) is 67.4 cm³/mol. The van der Waals surface area contributed by atoms with Crippen molar-refractivity contribution in [2.24, 2.45) is 0 Å². The Bertz CT molecular complexity index is 360. The molecular formula is C11H11Cl3O2. The van der Waals surface area contributed by atoms with Gasteiger partial charge >= 0.3 is 0 Å². The molecule has 0 aliphatic heterocycles. The Balaban J connectivity index is 2.98. The Morgan fingerprint density at radius 1 is 1.38 bits per heavy atom. The normalized spacial score (nSPS) is 13.2. The molecule has 0 spiro atoms. The second-order valence-electron chi connectivity index (χ2n) is 3.08. The first-order valence-corrected chi connectivity index (χ1v) is 5.67. The highest BCUT2D eigenvalue weighted by atomic mass is 35.6. The van der Waals surface area contributed by atoms with Gasteiger partial charge < -0.3 is 9.84 Å². The lowest BCUT2D eigenvalue weighted by Crippen LogP contribution is -2.17. The number of aliphatic hydroxyl groups is 1. The van der Waals surface area contributed by atoms with Gasteiger partial charge in [-0.2, -0.15) is 0 Å². The van der Waals surface area contributed by atoms with Crippen LogP contribution < -0.4 is 4.74 Å². The fourth-order valence-electron chi connectivity index (χ4n) is 1.16. The van der Waals surface area contributed by atoms with Crippen molar-refractivity contribution in [3.63, 3.8) is 0 Å². The van der Waals surface area contributed by atoms with Crippen LogP contribution in [0.15, 0.2) is 36.9 Å². The van der Waals surface area contributed by atoms with Crippen molar-refractivity contribution in [1.82, 2.24) is 0 Å². The highest BCUT2D eigenvalue weighted by Gasteiger charge is 2.33. The minimum absolute atomic E-state index is 0.323. The van der Waals surface area contributed by atoms with Gasteiger partial charge in [-0.15, -0.1) is 0 Å². The van der Waals surface area contributed by atoms with Crippen molar-refractivity contribution in [2.45, 2.75) is 9.90 Å². The van der Waals surface area contributed by atoms with E-state index in [4.69, 9.17) is 39.5 Å². The Morgan fingerprint density at radius 2 is 2.00 bits per heavy atom. The SMILES string of the molecule is C=CCOc1ccccc1C(O)C(Cl)(Cl)Cl. The molecule has 0 fully saturated rings. The van der Waals surface area contributed by atoms with Gasteiger partial charge in [0.05, 0.1) is 0 Å². The van der Waals surface area contributed by atoms with Gasteiger partial charge in [0, 0.05) is 5.56 Å². The van der Waals surface area contributed by atoms with Gasteiger partial charge in [0.1, 0.15) is 18.5 Å². The number of benzene rings is 1. The summed E-state index contributed by atoms with van der Waals surface area (Å²) < 4.78 is 3.56. The second-order valence-corrected chi connectivity index (χ2v) is 5.45. The zero-order valence-corrected chi connectivity index (χ0v) is 10.6. The molecule has 0 aromatic heterocycles. The van der Waals surface area contributed by atoms with Gasteiger partial charge in [0.15, 0.2) is 0 Å². The number of hydrogen-bond donors (Lipinski definition) is 1. The zero-order chi connectivity index (χ0) is 12.2. The van der Waals surface area contributed by atoms with E-state index in [0.717, 1.165) is 0 Å². The zero-order valence-electron chi connectivity index (χ0n) is 8.37. The molecule has 0 heterocycles. The minimum atomic E-state index is -1.78. The van der Waals surface area contributed by atoms with E-state index in [1.807, 2.05) is 0 Å². The maximum Gasteiger partial charge on any atom is 0.220 e. The van der Waals surface area contributed by atoms with E-state index >= 15 is 0 Å². The van der Waals surface area contributed by atoms with Gasteiger partial charge in [-0.05, 0) is 6.07 Å². The maximum atomic E-state index is 9.84. The van der Waals surface area contributed by atoms with Crippen LogP contribution in [0.1, 0.15) is 11.7 Å². The van der Waals surface area contributed by atoms with Crippen LogP contribution in [0.4, 0.5) is 0 Å². The van der Waals surface area contributed by atoms with Gasteiger partial charge in [-0.1, -0.05) is 65.7 Å². The number of alkyl halides is 3. The van der Waals surface area contributed by atoms with Crippen molar-refractivity contribution in [3.8, 4) is 5.75 Å². The fourth-order valence-corrected chi connectivity index (χ4v) is 1.52. The highest BCUT2D eigenvalue weighted by Crippen LogP contribution is 2.42. The summed E-state index contributed by atoms with van der Waals surface area (Å²) in [5, 5.41) is 9.84. The molecule has 0 amide bonds. The quantitative estimate of drug-likeness (QED) is 0.674. The minimum Gasteiger partial charge on any atom is -0.489 e. The van der Waals surface area contributed by atoms with Gasteiger partial charge in [0.25, 0.3) is 0 Å². The number of halogens is 3. The van der Waals surface area contributed by atoms with Gasteiger partial charge in [-0.25, -0.2) is 0 Å². The van der Waals surface area contributed by atoms with Crippen molar-refractivity contribution >= 4 is 34.8 Å². The van der Waals surface area contributed by atoms with Crippen molar-refractivity contribution in [1.29, 1.82) is 0 Å². The lowest BCUT2D eigenvalue weighted by molar-refractivity contribution is 0.177. The third-order valence-corrected chi connectivity index (χ3v) is 2.50. The molecule has 1 aromatic rings. The smallest absolute Gasteiger partial charge is 0.220 e. The van der Waals surface area contributed by atoms with E-state index in [2.05, 4.69) is 6.58 Å². The van der Waals surface area contributed by atoms with Crippen LogP contribution in [0.5, 0.6) is 5.75 Å². The lowest BCUT2D eigenvalue weighted by atomic mass is 10.1. The molecule has 88 valence electrons. The van der Waals surface area contributed by atoms with Crippen LogP contribution >= 0.6 is 34.8 Å². The second kappa shape index (κ2) is 5.78. The summed E-state index contributed by atoms with van der Waals surface area (Å²) >= 11 is 16.9. The first-order chi connectivity index (χ1) is 7.46. The molecule has 1 atom stereocenters. The Kier molecular flexibility index (Phi) is 4.93. The lowest BCUT2D eigenvalue weighted by Gasteiger charge is -2.21. The number of para-hydroxylation sites is 1. The summed E-state index contributed by atoms with van der Waals surface area (Å²) in [4.78, 5) is 0. The molecule has 1 unspecified atom stereocenters. The number of ether oxygens (including phenoxy) is 1. The summed E-state index contributed by atoms with van der Waals surface area (Å²) in [5.41, 5.74) is 0.435. The van der Waals surface area contributed by atoms with Crippen LogP contribution in [-0.4, -0.2) is 15.5 Å². The van der Waals surface area contributed by atoms with E-state index in [-0.39, 0.29) is 0 Å². The molecule has 1 N–H and O–H groups in total.